The van der Waals surface area contributed by atoms with Crippen molar-refractivity contribution in [1.29, 1.82) is 0 Å². The second-order valence-electron chi connectivity index (χ2n) is 5.89. The number of amides is 1. The lowest BCUT2D eigenvalue weighted by Gasteiger charge is -2.32. The monoisotopic (exact) mass is 328 g/mol. The summed E-state index contributed by atoms with van der Waals surface area (Å²) < 4.78 is 7.23. The quantitative estimate of drug-likeness (QED) is 0.822. The molecule has 1 aliphatic heterocycles. The molecule has 1 saturated heterocycles. The Morgan fingerprint density at radius 3 is 2.83 bits per heavy atom. The zero-order valence-corrected chi connectivity index (χ0v) is 14.0. The number of nitrogens with zero attached hydrogens (tertiary/aromatic N) is 4. The molecule has 7 heteroatoms. The Morgan fingerprint density at radius 2 is 2.08 bits per heavy atom. The first kappa shape index (κ1) is 16.3. The molecule has 24 heavy (non-hydrogen) atoms. The molecular weight excluding hydrogens is 308 g/mol. The van der Waals surface area contributed by atoms with Gasteiger partial charge in [0.2, 0.25) is 0 Å². The van der Waals surface area contributed by atoms with Gasteiger partial charge in [-0.2, -0.15) is 0 Å². The Hall–Kier alpha value is -2.54. The fourth-order valence-corrected chi connectivity index (χ4v) is 2.73. The predicted octanol–water partition coefficient (Wildman–Crippen LogP) is 1.01. The SMILES string of the molecule is Cc1nccc(C2CN(C(=O)c3ccc(C)n(C)c3=O)CCO2)n1. The number of aromatic nitrogens is 3. The van der Waals surface area contributed by atoms with Crippen LogP contribution < -0.4 is 5.56 Å². The number of hydrogen-bond donors (Lipinski definition) is 0. The lowest BCUT2D eigenvalue weighted by atomic mass is 10.1. The van der Waals surface area contributed by atoms with E-state index >= 15 is 0 Å². The molecule has 1 aliphatic rings. The van der Waals surface area contributed by atoms with Crippen molar-refractivity contribution in [3.8, 4) is 0 Å². The smallest absolute Gasteiger partial charge is 0.263 e. The lowest BCUT2D eigenvalue weighted by Crippen LogP contribution is -2.44. The maximum atomic E-state index is 12.8. The summed E-state index contributed by atoms with van der Waals surface area (Å²) in [6, 6.07) is 5.16. The Morgan fingerprint density at radius 1 is 1.29 bits per heavy atom. The van der Waals surface area contributed by atoms with Crippen LogP contribution in [0.15, 0.2) is 29.2 Å². The van der Waals surface area contributed by atoms with E-state index in [0.29, 0.717) is 25.5 Å². The molecule has 0 spiro atoms. The molecule has 7 nitrogen and oxygen atoms in total. The van der Waals surface area contributed by atoms with Crippen LogP contribution in [0.25, 0.3) is 0 Å². The minimum Gasteiger partial charge on any atom is -0.368 e. The fourth-order valence-electron chi connectivity index (χ4n) is 2.73. The van der Waals surface area contributed by atoms with Gasteiger partial charge in [0.25, 0.3) is 11.5 Å². The molecule has 1 unspecified atom stereocenters. The van der Waals surface area contributed by atoms with E-state index in [1.165, 1.54) is 4.57 Å². The van der Waals surface area contributed by atoms with Crippen molar-refractivity contribution in [3.05, 3.63) is 57.5 Å². The molecule has 0 aromatic carbocycles. The molecule has 126 valence electrons. The number of pyridine rings is 1. The van der Waals surface area contributed by atoms with Crippen LogP contribution in [0, 0.1) is 13.8 Å². The normalized spacial score (nSPS) is 17.8. The van der Waals surface area contributed by atoms with Crippen molar-refractivity contribution < 1.29 is 9.53 Å². The van der Waals surface area contributed by atoms with Crippen molar-refractivity contribution in [1.82, 2.24) is 19.4 Å². The third-order valence-electron chi connectivity index (χ3n) is 4.27. The maximum absolute atomic E-state index is 12.8. The van der Waals surface area contributed by atoms with Gasteiger partial charge in [-0.15, -0.1) is 0 Å². The van der Waals surface area contributed by atoms with Crippen LogP contribution in [0.3, 0.4) is 0 Å². The molecule has 3 rings (SSSR count). The van der Waals surface area contributed by atoms with Crippen molar-refractivity contribution >= 4 is 5.91 Å². The van der Waals surface area contributed by atoms with Crippen molar-refractivity contribution in [3.63, 3.8) is 0 Å². The van der Waals surface area contributed by atoms with E-state index in [-0.39, 0.29) is 23.1 Å². The predicted molar refractivity (Wildman–Crippen MR) is 87.8 cm³/mol. The summed E-state index contributed by atoms with van der Waals surface area (Å²) in [5.41, 5.74) is 1.47. The molecule has 0 aliphatic carbocycles. The number of hydrogen-bond acceptors (Lipinski definition) is 5. The van der Waals surface area contributed by atoms with Gasteiger partial charge < -0.3 is 14.2 Å². The number of rotatable bonds is 2. The van der Waals surface area contributed by atoms with Gasteiger partial charge in [-0.25, -0.2) is 9.97 Å². The topological polar surface area (TPSA) is 77.3 Å². The summed E-state index contributed by atoms with van der Waals surface area (Å²) in [4.78, 5) is 35.2. The molecule has 2 aromatic heterocycles. The Balaban J connectivity index is 1.83. The highest BCUT2D eigenvalue weighted by molar-refractivity contribution is 5.94. The van der Waals surface area contributed by atoms with Crippen molar-refractivity contribution in [2.24, 2.45) is 7.05 Å². The van der Waals surface area contributed by atoms with Crippen LogP contribution in [0.4, 0.5) is 0 Å². The average Bonchev–Trinajstić information content (AvgIpc) is 2.59. The number of aryl methyl sites for hydroxylation is 2. The number of ether oxygens (including phenoxy) is 1. The standard InChI is InChI=1S/C17H20N4O3/c1-11-4-5-13(16(22)20(11)3)17(23)21-8-9-24-15(10-21)14-6-7-18-12(2)19-14/h4-7,15H,8-10H2,1-3H3. The summed E-state index contributed by atoms with van der Waals surface area (Å²) in [7, 11) is 1.67. The minimum atomic E-state index is -0.307. The van der Waals surface area contributed by atoms with Crippen molar-refractivity contribution in [2.75, 3.05) is 19.7 Å². The van der Waals surface area contributed by atoms with E-state index in [9.17, 15) is 9.59 Å². The highest BCUT2D eigenvalue weighted by atomic mass is 16.5. The van der Waals surface area contributed by atoms with Crippen LogP contribution in [0.1, 0.15) is 33.7 Å². The van der Waals surface area contributed by atoms with Crippen molar-refractivity contribution in [2.45, 2.75) is 20.0 Å². The Kier molecular flexibility index (Phi) is 4.44. The second-order valence-corrected chi connectivity index (χ2v) is 5.89. The van der Waals surface area contributed by atoms with Gasteiger partial charge >= 0.3 is 0 Å². The maximum Gasteiger partial charge on any atom is 0.263 e. The van der Waals surface area contributed by atoms with E-state index in [1.54, 1.807) is 36.3 Å². The van der Waals surface area contributed by atoms with Crippen LogP contribution in [0.2, 0.25) is 0 Å². The first-order chi connectivity index (χ1) is 11.5. The zero-order chi connectivity index (χ0) is 17.3. The van der Waals surface area contributed by atoms with E-state index in [4.69, 9.17) is 4.74 Å². The van der Waals surface area contributed by atoms with Gasteiger partial charge in [0.1, 0.15) is 17.5 Å². The minimum absolute atomic E-state index is 0.183. The molecule has 0 radical (unpaired) electrons. The molecule has 1 fully saturated rings. The van der Waals surface area contributed by atoms with Crippen LogP contribution in [0.5, 0.6) is 0 Å². The highest BCUT2D eigenvalue weighted by Gasteiger charge is 2.28. The second kappa shape index (κ2) is 6.52. The molecule has 1 amide bonds. The Bertz CT molecular complexity index is 831. The van der Waals surface area contributed by atoms with E-state index in [2.05, 4.69) is 9.97 Å². The first-order valence-corrected chi connectivity index (χ1v) is 7.84. The largest absolute Gasteiger partial charge is 0.368 e. The van der Waals surface area contributed by atoms with Crippen LogP contribution in [-0.4, -0.2) is 45.0 Å². The lowest BCUT2D eigenvalue weighted by molar-refractivity contribution is -0.0249. The third kappa shape index (κ3) is 3.07. The molecule has 3 heterocycles. The number of carbonyl (C=O) groups excluding carboxylic acids is 1. The van der Waals surface area contributed by atoms with E-state index in [0.717, 1.165) is 11.4 Å². The molecular formula is C17H20N4O3. The first-order valence-electron chi connectivity index (χ1n) is 7.84. The zero-order valence-electron chi connectivity index (χ0n) is 14.0. The van der Waals surface area contributed by atoms with Gasteiger partial charge in [-0.05, 0) is 32.0 Å². The van der Waals surface area contributed by atoms with Gasteiger partial charge in [0.05, 0.1) is 18.8 Å². The van der Waals surface area contributed by atoms with Gasteiger partial charge in [-0.1, -0.05) is 0 Å². The summed E-state index contributed by atoms with van der Waals surface area (Å²) in [6.07, 6.45) is 1.37. The van der Waals surface area contributed by atoms with Crippen LogP contribution >= 0.6 is 0 Å². The summed E-state index contributed by atoms with van der Waals surface area (Å²) in [5, 5.41) is 0. The van der Waals surface area contributed by atoms with E-state index in [1.807, 2.05) is 13.8 Å². The summed E-state index contributed by atoms with van der Waals surface area (Å²) >= 11 is 0. The highest BCUT2D eigenvalue weighted by Crippen LogP contribution is 2.21. The molecule has 0 N–H and O–H groups in total. The molecule has 0 bridgehead atoms. The summed E-state index contributed by atoms with van der Waals surface area (Å²) in [6.45, 7) is 4.87. The molecule has 1 atom stereocenters. The van der Waals surface area contributed by atoms with Crippen LogP contribution in [-0.2, 0) is 11.8 Å². The summed E-state index contributed by atoms with van der Waals surface area (Å²) in [5.74, 6) is 0.390. The Labute approximate surface area is 139 Å². The van der Waals surface area contributed by atoms with Gasteiger partial charge in [-0.3, -0.25) is 9.59 Å². The molecule has 2 aromatic rings. The fraction of sp³-hybridized carbons (Fsp3) is 0.412. The van der Waals surface area contributed by atoms with Gasteiger partial charge in [0, 0.05) is 25.5 Å². The van der Waals surface area contributed by atoms with Gasteiger partial charge in [0.15, 0.2) is 0 Å². The number of carbonyl (C=O) groups is 1. The molecule has 0 saturated carbocycles. The van der Waals surface area contributed by atoms with E-state index < -0.39 is 0 Å². The third-order valence-corrected chi connectivity index (χ3v) is 4.27. The average molecular weight is 328 g/mol. The number of morpholine rings is 1.